The van der Waals surface area contributed by atoms with Crippen molar-refractivity contribution >= 4 is 22.8 Å². The van der Waals surface area contributed by atoms with Crippen molar-refractivity contribution in [2.45, 2.75) is 24.5 Å². The number of hydrogen-bond donors (Lipinski definition) is 4. The Morgan fingerprint density at radius 2 is 2.20 bits per heavy atom. The highest BCUT2D eigenvalue weighted by atomic mass is 35.5. The van der Waals surface area contributed by atoms with Gasteiger partial charge in [-0.25, -0.2) is 4.98 Å². The molecule has 108 valence electrons. The zero-order chi connectivity index (χ0) is 14.4. The normalized spacial score (nSPS) is 30.2. The molecule has 2 aromatic heterocycles. The van der Waals surface area contributed by atoms with Crippen LogP contribution in [-0.2, 0) is 4.74 Å². The maximum atomic E-state index is 11.6. The van der Waals surface area contributed by atoms with Crippen molar-refractivity contribution in [1.82, 2.24) is 19.5 Å². The molecule has 0 radical (unpaired) electrons. The average Bonchev–Trinajstić information content (AvgIpc) is 2.93. The van der Waals surface area contributed by atoms with Crippen molar-refractivity contribution in [1.29, 1.82) is 0 Å². The molecule has 0 amide bonds. The Morgan fingerprint density at radius 3 is 2.85 bits per heavy atom. The summed E-state index contributed by atoms with van der Waals surface area (Å²) in [5, 5.41) is 28.6. The van der Waals surface area contributed by atoms with Gasteiger partial charge >= 0.3 is 0 Å². The molecule has 20 heavy (non-hydrogen) atoms. The number of nitrogens with zero attached hydrogens (tertiary/aromatic N) is 3. The second kappa shape index (κ2) is 4.79. The van der Waals surface area contributed by atoms with Crippen LogP contribution < -0.4 is 5.56 Å². The zero-order valence-electron chi connectivity index (χ0n) is 9.97. The van der Waals surface area contributed by atoms with Crippen molar-refractivity contribution in [2.75, 3.05) is 6.61 Å². The Kier molecular flexibility index (Phi) is 3.22. The number of aromatic nitrogens is 4. The fraction of sp³-hybridized carbons (Fsp3) is 0.500. The lowest BCUT2D eigenvalue weighted by atomic mass is 10.1. The average molecular weight is 303 g/mol. The summed E-state index contributed by atoms with van der Waals surface area (Å²) in [4.78, 5) is 21.7. The van der Waals surface area contributed by atoms with Crippen molar-refractivity contribution in [3.05, 3.63) is 22.0 Å². The van der Waals surface area contributed by atoms with Gasteiger partial charge in [-0.1, -0.05) is 0 Å². The molecule has 4 atom stereocenters. The standard InChI is InChI=1S/C10H11ClN4O5/c11-10-13-7-4(8(19)14-10)12-2-15(7)9-6(18)5(17)3(1-16)20-9/h2-3,5-6,9,16-18H,1H2,(H,13,14,19)/t3-,5+,6?,9-/m1/s1. The van der Waals surface area contributed by atoms with E-state index in [4.69, 9.17) is 21.4 Å². The van der Waals surface area contributed by atoms with E-state index in [0.29, 0.717) is 0 Å². The number of aliphatic hydroxyl groups is 3. The highest BCUT2D eigenvalue weighted by Gasteiger charge is 2.44. The van der Waals surface area contributed by atoms with Gasteiger partial charge in [-0.2, -0.15) is 4.98 Å². The Morgan fingerprint density at radius 1 is 1.45 bits per heavy atom. The summed E-state index contributed by atoms with van der Waals surface area (Å²) < 4.78 is 6.64. The summed E-state index contributed by atoms with van der Waals surface area (Å²) in [5.74, 6) is 0. The SMILES string of the molecule is O=c1[nH]c(Cl)nc2c1ncn2[C@@H]1O[C@H](CO)[C@H](O)C1O. The minimum Gasteiger partial charge on any atom is -0.394 e. The van der Waals surface area contributed by atoms with Gasteiger partial charge in [-0.05, 0) is 11.6 Å². The monoisotopic (exact) mass is 302 g/mol. The number of fused-ring (bicyclic) bond motifs is 1. The van der Waals surface area contributed by atoms with Gasteiger partial charge in [0.1, 0.15) is 18.3 Å². The predicted molar refractivity (Wildman–Crippen MR) is 66.2 cm³/mol. The van der Waals surface area contributed by atoms with Crippen LogP contribution >= 0.6 is 11.6 Å². The zero-order valence-corrected chi connectivity index (χ0v) is 10.7. The molecule has 2 aromatic rings. The lowest BCUT2D eigenvalue weighted by Crippen LogP contribution is -2.33. The summed E-state index contributed by atoms with van der Waals surface area (Å²) in [7, 11) is 0. The van der Waals surface area contributed by atoms with E-state index >= 15 is 0 Å². The second-order valence-electron chi connectivity index (χ2n) is 4.41. The van der Waals surface area contributed by atoms with Crippen LogP contribution in [0.1, 0.15) is 6.23 Å². The van der Waals surface area contributed by atoms with E-state index in [9.17, 15) is 15.0 Å². The van der Waals surface area contributed by atoms with Crippen LogP contribution in [0.25, 0.3) is 11.2 Å². The molecule has 0 bridgehead atoms. The number of imidazole rings is 1. The minimum atomic E-state index is -1.29. The van der Waals surface area contributed by atoms with Crippen LogP contribution in [-0.4, -0.2) is 59.8 Å². The maximum Gasteiger partial charge on any atom is 0.280 e. The molecule has 0 aromatic carbocycles. The molecule has 1 saturated heterocycles. The molecule has 0 saturated carbocycles. The van der Waals surface area contributed by atoms with Gasteiger partial charge < -0.3 is 20.1 Å². The number of aliphatic hydroxyl groups excluding tert-OH is 3. The molecule has 3 heterocycles. The van der Waals surface area contributed by atoms with Crippen molar-refractivity contribution < 1.29 is 20.1 Å². The third-order valence-electron chi connectivity index (χ3n) is 3.19. The topological polar surface area (TPSA) is 133 Å². The summed E-state index contributed by atoms with van der Waals surface area (Å²) in [6.45, 7) is -0.448. The molecule has 4 N–H and O–H groups in total. The first-order valence-electron chi connectivity index (χ1n) is 5.77. The van der Waals surface area contributed by atoms with E-state index in [1.807, 2.05) is 0 Å². The van der Waals surface area contributed by atoms with E-state index < -0.39 is 36.7 Å². The predicted octanol–water partition coefficient (Wildman–Crippen LogP) is -1.62. The summed E-state index contributed by atoms with van der Waals surface area (Å²) in [5.41, 5.74) is -0.369. The highest BCUT2D eigenvalue weighted by molar-refractivity contribution is 6.28. The van der Waals surface area contributed by atoms with E-state index in [-0.39, 0.29) is 16.4 Å². The van der Waals surface area contributed by atoms with Gasteiger partial charge in [0, 0.05) is 0 Å². The molecule has 1 fully saturated rings. The number of aromatic amines is 1. The van der Waals surface area contributed by atoms with Crippen molar-refractivity contribution in [3.8, 4) is 0 Å². The highest BCUT2D eigenvalue weighted by Crippen LogP contribution is 2.30. The fourth-order valence-corrected chi connectivity index (χ4v) is 2.36. The largest absolute Gasteiger partial charge is 0.394 e. The molecule has 0 aliphatic carbocycles. The number of H-pyrrole nitrogens is 1. The molecule has 1 aliphatic heterocycles. The molecule has 1 aliphatic rings. The molecular formula is C10H11ClN4O5. The summed E-state index contributed by atoms with van der Waals surface area (Å²) in [6, 6.07) is 0. The Labute approximate surface area is 116 Å². The molecule has 9 nitrogen and oxygen atoms in total. The van der Waals surface area contributed by atoms with Gasteiger partial charge in [0.25, 0.3) is 5.56 Å². The maximum absolute atomic E-state index is 11.6. The number of rotatable bonds is 2. The number of hydrogen-bond acceptors (Lipinski definition) is 7. The van der Waals surface area contributed by atoms with Gasteiger partial charge in [0.05, 0.1) is 12.9 Å². The Hall–Kier alpha value is -1.52. The number of halogens is 1. The van der Waals surface area contributed by atoms with Gasteiger partial charge in [0.2, 0.25) is 5.28 Å². The third-order valence-corrected chi connectivity index (χ3v) is 3.37. The van der Waals surface area contributed by atoms with Crippen LogP contribution in [0.3, 0.4) is 0 Å². The van der Waals surface area contributed by atoms with Crippen LogP contribution in [0, 0.1) is 0 Å². The van der Waals surface area contributed by atoms with Gasteiger partial charge in [0.15, 0.2) is 17.4 Å². The van der Waals surface area contributed by atoms with Crippen molar-refractivity contribution in [3.63, 3.8) is 0 Å². The minimum absolute atomic E-state index is 0.0344. The third kappa shape index (κ3) is 1.91. The molecule has 1 unspecified atom stereocenters. The first-order valence-corrected chi connectivity index (χ1v) is 6.15. The molecular weight excluding hydrogens is 292 g/mol. The van der Waals surface area contributed by atoms with E-state index in [1.54, 1.807) is 0 Å². The van der Waals surface area contributed by atoms with E-state index in [0.717, 1.165) is 0 Å². The molecule has 3 rings (SSSR count). The first-order chi connectivity index (χ1) is 9.52. The molecule has 10 heteroatoms. The number of ether oxygens (including phenoxy) is 1. The Bertz CT molecular complexity index is 701. The second-order valence-corrected chi connectivity index (χ2v) is 4.77. The lowest BCUT2D eigenvalue weighted by Gasteiger charge is -2.16. The quantitative estimate of drug-likeness (QED) is 0.490. The first kappa shape index (κ1) is 13.5. The fourth-order valence-electron chi connectivity index (χ4n) is 2.20. The number of nitrogens with one attached hydrogen (secondary N) is 1. The summed E-state index contributed by atoms with van der Waals surface area (Å²) >= 11 is 5.68. The lowest BCUT2D eigenvalue weighted by molar-refractivity contribution is -0.0511. The van der Waals surface area contributed by atoms with Crippen LogP contribution in [0.4, 0.5) is 0 Å². The van der Waals surface area contributed by atoms with E-state index in [1.165, 1.54) is 10.9 Å². The van der Waals surface area contributed by atoms with Crippen LogP contribution in [0.5, 0.6) is 0 Å². The van der Waals surface area contributed by atoms with Crippen molar-refractivity contribution in [2.24, 2.45) is 0 Å². The van der Waals surface area contributed by atoms with Gasteiger partial charge in [-0.3, -0.25) is 14.3 Å². The smallest absolute Gasteiger partial charge is 0.280 e. The molecule has 0 spiro atoms. The van der Waals surface area contributed by atoms with Gasteiger partial charge in [-0.15, -0.1) is 0 Å². The van der Waals surface area contributed by atoms with Crippen LogP contribution in [0.15, 0.2) is 11.1 Å². The van der Waals surface area contributed by atoms with E-state index in [2.05, 4.69) is 15.0 Å². The summed E-state index contributed by atoms with van der Waals surface area (Å²) in [6.07, 6.45) is -3.23. The van der Waals surface area contributed by atoms with Crippen LogP contribution in [0.2, 0.25) is 5.28 Å². The Balaban J connectivity index is 2.09.